The van der Waals surface area contributed by atoms with Crippen molar-refractivity contribution in [2.45, 2.75) is 51.1 Å². The molecule has 0 aromatic rings. The third-order valence-electron chi connectivity index (χ3n) is 3.97. The molecular formula is C12H24N2. The van der Waals surface area contributed by atoms with E-state index < -0.39 is 0 Å². The van der Waals surface area contributed by atoms with Crippen LogP contribution in [0.4, 0.5) is 0 Å². The van der Waals surface area contributed by atoms with Crippen molar-refractivity contribution in [1.82, 2.24) is 10.2 Å². The van der Waals surface area contributed by atoms with Gasteiger partial charge in [-0.05, 0) is 38.8 Å². The Bertz CT molecular complexity index is 177. The van der Waals surface area contributed by atoms with Gasteiger partial charge in [0.05, 0.1) is 0 Å². The molecule has 0 aromatic carbocycles. The molecule has 0 spiro atoms. The van der Waals surface area contributed by atoms with Gasteiger partial charge in [-0.1, -0.05) is 19.8 Å². The predicted molar refractivity (Wildman–Crippen MR) is 60.5 cm³/mol. The SMILES string of the molecule is CC1CCCC(N(C)CC2CCN2)C1. The first kappa shape index (κ1) is 10.4. The monoisotopic (exact) mass is 196 g/mol. The van der Waals surface area contributed by atoms with Crippen molar-refractivity contribution in [3.63, 3.8) is 0 Å². The zero-order valence-corrected chi connectivity index (χ0v) is 9.63. The van der Waals surface area contributed by atoms with E-state index in [-0.39, 0.29) is 0 Å². The van der Waals surface area contributed by atoms with Crippen LogP contribution in [0.3, 0.4) is 0 Å². The summed E-state index contributed by atoms with van der Waals surface area (Å²) < 4.78 is 0. The normalized spacial score (nSPS) is 38.4. The highest BCUT2D eigenvalue weighted by Crippen LogP contribution is 2.26. The first-order valence-corrected chi connectivity index (χ1v) is 6.19. The Morgan fingerprint density at radius 2 is 2.07 bits per heavy atom. The van der Waals surface area contributed by atoms with E-state index >= 15 is 0 Å². The Morgan fingerprint density at radius 3 is 2.64 bits per heavy atom. The Kier molecular flexibility index (Phi) is 3.45. The molecule has 0 radical (unpaired) electrons. The van der Waals surface area contributed by atoms with Crippen molar-refractivity contribution in [3.05, 3.63) is 0 Å². The molecule has 1 aliphatic carbocycles. The maximum atomic E-state index is 3.49. The minimum Gasteiger partial charge on any atom is -0.313 e. The molecule has 14 heavy (non-hydrogen) atoms. The first-order valence-electron chi connectivity index (χ1n) is 6.19. The molecule has 2 fully saturated rings. The molecule has 2 aliphatic rings. The molecule has 2 nitrogen and oxygen atoms in total. The highest BCUT2D eigenvalue weighted by Gasteiger charge is 2.25. The molecule has 2 rings (SSSR count). The van der Waals surface area contributed by atoms with Gasteiger partial charge in [-0.15, -0.1) is 0 Å². The van der Waals surface area contributed by atoms with E-state index in [4.69, 9.17) is 0 Å². The van der Waals surface area contributed by atoms with Gasteiger partial charge in [0.1, 0.15) is 0 Å². The van der Waals surface area contributed by atoms with Gasteiger partial charge in [0.2, 0.25) is 0 Å². The van der Waals surface area contributed by atoms with Crippen LogP contribution in [0.25, 0.3) is 0 Å². The molecule has 82 valence electrons. The summed E-state index contributed by atoms with van der Waals surface area (Å²) in [7, 11) is 2.31. The van der Waals surface area contributed by atoms with Gasteiger partial charge in [-0.2, -0.15) is 0 Å². The third-order valence-corrected chi connectivity index (χ3v) is 3.97. The zero-order valence-electron chi connectivity index (χ0n) is 9.63. The van der Waals surface area contributed by atoms with Gasteiger partial charge in [0.15, 0.2) is 0 Å². The number of rotatable bonds is 3. The Morgan fingerprint density at radius 1 is 1.29 bits per heavy atom. The fraction of sp³-hybridized carbons (Fsp3) is 1.00. The molecule has 0 bridgehead atoms. The standard InChI is InChI=1S/C12H24N2/c1-10-4-3-5-12(8-10)14(2)9-11-6-7-13-11/h10-13H,3-9H2,1-2H3. The second-order valence-corrected chi connectivity index (χ2v) is 5.30. The van der Waals surface area contributed by atoms with Gasteiger partial charge in [-0.3, -0.25) is 0 Å². The molecule has 3 atom stereocenters. The number of hydrogen-bond acceptors (Lipinski definition) is 2. The van der Waals surface area contributed by atoms with Crippen LogP contribution in [0.1, 0.15) is 39.0 Å². The Balaban J connectivity index is 1.74. The molecule has 1 N–H and O–H groups in total. The second-order valence-electron chi connectivity index (χ2n) is 5.30. The number of likely N-dealkylation sites (N-methyl/N-ethyl adjacent to an activating group) is 1. The highest BCUT2D eigenvalue weighted by atomic mass is 15.2. The molecule has 1 saturated heterocycles. The number of hydrogen-bond donors (Lipinski definition) is 1. The number of nitrogens with one attached hydrogen (secondary N) is 1. The van der Waals surface area contributed by atoms with Crippen LogP contribution in [-0.4, -0.2) is 37.1 Å². The minimum absolute atomic E-state index is 0.789. The van der Waals surface area contributed by atoms with Gasteiger partial charge in [0.25, 0.3) is 0 Å². The van der Waals surface area contributed by atoms with Gasteiger partial charge >= 0.3 is 0 Å². The van der Waals surface area contributed by atoms with Crippen LogP contribution < -0.4 is 5.32 Å². The van der Waals surface area contributed by atoms with Crippen molar-refractivity contribution >= 4 is 0 Å². The summed E-state index contributed by atoms with van der Waals surface area (Å²) in [5.41, 5.74) is 0. The van der Waals surface area contributed by atoms with Crippen LogP contribution in [-0.2, 0) is 0 Å². The second kappa shape index (κ2) is 4.63. The molecule has 1 saturated carbocycles. The third kappa shape index (κ3) is 2.48. The maximum absolute atomic E-state index is 3.49. The Hall–Kier alpha value is -0.0800. The van der Waals surface area contributed by atoms with E-state index in [0.717, 1.165) is 18.0 Å². The average Bonchev–Trinajstić information content (AvgIpc) is 2.11. The maximum Gasteiger partial charge on any atom is 0.0207 e. The fourth-order valence-corrected chi connectivity index (χ4v) is 2.80. The van der Waals surface area contributed by atoms with E-state index in [0.29, 0.717) is 0 Å². The molecule has 0 aromatic heterocycles. The predicted octanol–water partition coefficient (Wildman–Crippen LogP) is 1.86. The minimum atomic E-state index is 0.789. The summed E-state index contributed by atoms with van der Waals surface area (Å²) in [6, 6.07) is 1.65. The van der Waals surface area contributed by atoms with Crippen molar-refractivity contribution < 1.29 is 0 Å². The molecule has 1 aliphatic heterocycles. The molecule has 3 unspecified atom stereocenters. The molecule has 1 heterocycles. The van der Waals surface area contributed by atoms with E-state index in [1.807, 2.05) is 0 Å². The largest absolute Gasteiger partial charge is 0.313 e. The molecular weight excluding hydrogens is 172 g/mol. The van der Waals surface area contributed by atoms with Crippen molar-refractivity contribution in [1.29, 1.82) is 0 Å². The van der Waals surface area contributed by atoms with E-state index in [9.17, 15) is 0 Å². The van der Waals surface area contributed by atoms with E-state index in [1.165, 1.54) is 45.2 Å². The fourth-order valence-electron chi connectivity index (χ4n) is 2.80. The lowest BCUT2D eigenvalue weighted by Gasteiger charge is -2.38. The summed E-state index contributed by atoms with van der Waals surface area (Å²) >= 11 is 0. The summed E-state index contributed by atoms with van der Waals surface area (Å²) in [4.78, 5) is 2.59. The highest BCUT2D eigenvalue weighted by molar-refractivity contribution is 4.84. The molecule has 2 heteroatoms. The lowest BCUT2D eigenvalue weighted by atomic mass is 9.86. The number of nitrogens with zero attached hydrogens (tertiary/aromatic N) is 1. The lowest BCUT2D eigenvalue weighted by Crippen LogP contribution is -2.51. The summed E-state index contributed by atoms with van der Waals surface area (Å²) in [6.07, 6.45) is 7.11. The summed E-state index contributed by atoms with van der Waals surface area (Å²) in [5, 5.41) is 3.49. The topological polar surface area (TPSA) is 15.3 Å². The van der Waals surface area contributed by atoms with Crippen LogP contribution >= 0.6 is 0 Å². The smallest absolute Gasteiger partial charge is 0.0207 e. The first-order chi connectivity index (χ1) is 6.75. The van der Waals surface area contributed by atoms with Crippen molar-refractivity contribution in [2.75, 3.05) is 20.1 Å². The van der Waals surface area contributed by atoms with Crippen LogP contribution in [0.5, 0.6) is 0 Å². The van der Waals surface area contributed by atoms with E-state index in [1.54, 1.807) is 0 Å². The zero-order chi connectivity index (χ0) is 9.97. The van der Waals surface area contributed by atoms with Crippen LogP contribution in [0.2, 0.25) is 0 Å². The van der Waals surface area contributed by atoms with Gasteiger partial charge in [0, 0.05) is 18.6 Å². The van der Waals surface area contributed by atoms with Crippen LogP contribution in [0.15, 0.2) is 0 Å². The van der Waals surface area contributed by atoms with Crippen LogP contribution in [0, 0.1) is 5.92 Å². The van der Waals surface area contributed by atoms with E-state index in [2.05, 4.69) is 24.2 Å². The quantitative estimate of drug-likeness (QED) is 0.741. The average molecular weight is 196 g/mol. The van der Waals surface area contributed by atoms with Gasteiger partial charge in [-0.25, -0.2) is 0 Å². The Labute approximate surface area is 88.1 Å². The van der Waals surface area contributed by atoms with Gasteiger partial charge < -0.3 is 10.2 Å². The van der Waals surface area contributed by atoms with Crippen molar-refractivity contribution in [3.8, 4) is 0 Å². The van der Waals surface area contributed by atoms with Crippen molar-refractivity contribution in [2.24, 2.45) is 5.92 Å². The lowest BCUT2D eigenvalue weighted by molar-refractivity contribution is 0.136. The summed E-state index contributed by atoms with van der Waals surface area (Å²) in [5.74, 6) is 0.950. The summed E-state index contributed by atoms with van der Waals surface area (Å²) in [6.45, 7) is 4.90. The molecule has 0 amide bonds.